The Labute approximate surface area is 159 Å². The lowest BCUT2D eigenvalue weighted by Crippen LogP contribution is -2.47. The third-order valence-electron chi connectivity index (χ3n) is 5.16. The Balaban J connectivity index is 1.59. The minimum atomic E-state index is -4.71. The van der Waals surface area contributed by atoms with E-state index in [1.165, 1.54) is 0 Å². The van der Waals surface area contributed by atoms with E-state index in [0.717, 1.165) is 10.5 Å². The predicted molar refractivity (Wildman–Crippen MR) is 91.0 cm³/mol. The van der Waals surface area contributed by atoms with Gasteiger partial charge in [-0.3, -0.25) is 9.59 Å². The molecule has 1 aromatic carbocycles. The highest BCUT2D eigenvalue weighted by Gasteiger charge is 2.53. The fraction of sp³-hybridized carbons (Fsp3) is 0.500. The van der Waals surface area contributed by atoms with Crippen molar-refractivity contribution >= 4 is 17.9 Å². The van der Waals surface area contributed by atoms with Crippen molar-refractivity contribution in [2.75, 3.05) is 19.6 Å². The van der Waals surface area contributed by atoms with E-state index >= 15 is 0 Å². The van der Waals surface area contributed by atoms with E-state index in [0.29, 0.717) is 19.5 Å². The molecule has 0 aromatic heterocycles. The van der Waals surface area contributed by atoms with Crippen LogP contribution in [-0.2, 0) is 16.1 Å². The highest BCUT2D eigenvalue weighted by atomic mass is 19.4. The molecular weight excluding hydrogens is 379 g/mol. The van der Waals surface area contributed by atoms with Crippen LogP contribution >= 0.6 is 0 Å². The number of nitrogens with one attached hydrogen (secondary N) is 1. The van der Waals surface area contributed by atoms with Crippen molar-refractivity contribution in [3.05, 3.63) is 35.9 Å². The number of carbonyl (C=O) groups excluding carboxylic acids is 2. The van der Waals surface area contributed by atoms with Crippen LogP contribution in [0.3, 0.4) is 0 Å². The number of likely N-dealkylation sites (tertiary alicyclic amines) is 2. The van der Waals surface area contributed by atoms with Gasteiger partial charge in [0.05, 0.1) is 11.8 Å². The highest BCUT2D eigenvalue weighted by molar-refractivity contribution is 5.89. The number of halogens is 3. The Bertz CT molecular complexity index is 756. The Morgan fingerprint density at radius 1 is 1.18 bits per heavy atom. The number of carboxylic acid groups (broad SMARTS) is 1. The van der Waals surface area contributed by atoms with Crippen LogP contribution in [0.5, 0.6) is 0 Å². The van der Waals surface area contributed by atoms with Gasteiger partial charge in [0.1, 0.15) is 6.04 Å². The van der Waals surface area contributed by atoms with Crippen molar-refractivity contribution < 1.29 is 32.7 Å². The van der Waals surface area contributed by atoms with Gasteiger partial charge in [0.2, 0.25) is 5.91 Å². The summed E-state index contributed by atoms with van der Waals surface area (Å²) in [6.07, 6.45) is -4.37. The summed E-state index contributed by atoms with van der Waals surface area (Å²) in [4.78, 5) is 38.3. The SMILES string of the molecule is O=C(O)[C@@H]1CN(C(=O)NC2CCN(Cc3ccccc3)C2=O)C[C@H]1C(F)(F)F. The predicted octanol–water partition coefficient (Wildman–Crippen LogP) is 1.69. The van der Waals surface area contributed by atoms with Crippen molar-refractivity contribution in [1.29, 1.82) is 0 Å². The average molecular weight is 399 g/mol. The molecule has 2 heterocycles. The molecule has 1 aromatic rings. The fourth-order valence-electron chi connectivity index (χ4n) is 3.63. The first-order valence-electron chi connectivity index (χ1n) is 8.84. The summed E-state index contributed by atoms with van der Waals surface area (Å²) in [7, 11) is 0. The number of urea groups is 1. The van der Waals surface area contributed by atoms with Crippen molar-refractivity contribution in [3.63, 3.8) is 0 Å². The van der Waals surface area contributed by atoms with Crippen LogP contribution in [0.2, 0.25) is 0 Å². The second kappa shape index (κ2) is 7.69. The summed E-state index contributed by atoms with van der Waals surface area (Å²) < 4.78 is 39.2. The van der Waals surface area contributed by atoms with E-state index in [1.807, 2.05) is 30.3 Å². The minimum Gasteiger partial charge on any atom is -0.481 e. The lowest BCUT2D eigenvalue weighted by molar-refractivity contribution is -0.187. The van der Waals surface area contributed by atoms with E-state index in [1.54, 1.807) is 4.90 Å². The molecular formula is C18H20F3N3O4. The molecule has 2 saturated heterocycles. The molecule has 3 amide bonds. The molecule has 152 valence electrons. The molecule has 0 saturated carbocycles. The quantitative estimate of drug-likeness (QED) is 0.806. The number of benzene rings is 1. The molecule has 7 nitrogen and oxygen atoms in total. The van der Waals surface area contributed by atoms with Gasteiger partial charge in [-0.25, -0.2) is 4.79 Å². The second-order valence-corrected chi connectivity index (χ2v) is 7.03. The molecule has 3 atom stereocenters. The number of carbonyl (C=O) groups is 3. The van der Waals surface area contributed by atoms with Gasteiger partial charge in [0.15, 0.2) is 0 Å². The van der Waals surface area contributed by atoms with Crippen LogP contribution in [0.4, 0.5) is 18.0 Å². The summed E-state index contributed by atoms with van der Waals surface area (Å²) >= 11 is 0. The lowest BCUT2D eigenvalue weighted by Gasteiger charge is -2.21. The van der Waals surface area contributed by atoms with Crippen molar-refractivity contribution in [2.45, 2.75) is 25.2 Å². The molecule has 0 bridgehead atoms. The molecule has 2 aliphatic rings. The zero-order valence-electron chi connectivity index (χ0n) is 14.9. The van der Waals surface area contributed by atoms with Crippen LogP contribution < -0.4 is 5.32 Å². The van der Waals surface area contributed by atoms with Crippen LogP contribution in [0, 0.1) is 11.8 Å². The number of alkyl halides is 3. The number of aliphatic carboxylic acids is 1. The maximum atomic E-state index is 13.1. The molecule has 2 fully saturated rings. The summed E-state index contributed by atoms with van der Waals surface area (Å²) in [5, 5.41) is 11.5. The van der Waals surface area contributed by atoms with Gasteiger partial charge in [-0.15, -0.1) is 0 Å². The average Bonchev–Trinajstić information content (AvgIpc) is 3.22. The van der Waals surface area contributed by atoms with Crippen molar-refractivity contribution in [3.8, 4) is 0 Å². The molecule has 1 unspecified atom stereocenters. The number of amides is 3. The number of hydrogen-bond acceptors (Lipinski definition) is 3. The third kappa shape index (κ3) is 4.20. The van der Waals surface area contributed by atoms with Crippen molar-refractivity contribution in [1.82, 2.24) is 15.1 Å². The molecule has 0 aliphatic carbocycles. The van der Waals surface area contributed by atoms with Crippen LogP contribution in [-0.4, -0.2) is 64.7 Å². The van der Waals surface area contributed by atoms with E-state index < -0.39 is 49.1 Å². The first-order chi connectivity index (χ1) is 13.2. The zero-order chi connectivity index (χ0) is 20.5. The van der Waals surface area contributed by atoms with E-state index in [2.05, 4.69) is 5.32 Å². The topological polar surface area (TPSA) is 89.9 Å². The van der Waals surface area contributed by atoms with Gasteiger partial charge in [0.25, 0.3) is 0 Å². The highest BCUT2D eigenvalue weighted by Crippen LogP contribution is 2.37. The Hall–Kier alpha value is -2.78. The van der Waals surface area contributed by atoms with Gasteiger partial charge in [-0.1, -0.05) is 30.3 Å². The van der Waals surface area contributed by atoms with E-state index in [-0.39, 0.29) is 5.91 Å². The fourth-order valence-corrected chi connectivity index (χ4v) is 3.63. The molecule has 3 rings (SSSR count). The van der Waals surface area contributed by atoms with Gasteiger partial charge >= 0.3 is 18.2 Å². The summed E-state index contributed by atoms with van der Waals surface area (Å²) in [5.74, 6) is -5.73. The normalized spacial score (nSPS) is 25.2. The second-order valence-electron chi connectivity index (χ2n) is 7.03. The number of rotatable bonds is 4. The third-order valence-corrected chi connectivity index (χ3v) is 5.16. The zero-order valence-corrected chi connectivity index (χ0v) is 14.9. The molecule has 0 radical (unpaired) electrons. The van der Waals surface area contributed by atoms with E-state index in [4.69, 9.17) is 5.11 Å². The summed E-state index contributed by atoms with van der Waals surface area (Å²) in [5.41, 5.74) is 0.930. The van der Waals surface area contributed by atoms with Crippen molar-refractivity contribution in [2.24, 2.45) is 11.8 Å². The van der Waals surface area contributed by atoms with Crippen LogP contribution in [0.25, 0.3) is 0 Å². The Morgan fingerprint density at radius 2 is 1.86 bits per heavy atom. The first kappa shape index (κ1) is 20.0. The number of hydrogen-bond donors (Lipinski definition) is 2. The van der Waals surface area contributed by atoms with Gasteiger partial charge in [-0.2, -0.15) is 13.2 Å². The molecule has 0 spiro atoms. The maximum Gasteiger partial charge on any atom is 0.394 e. The van der Waals surface area contributed by atoms with Gasteiger partial charge in [-0.05, 0) is 12.0 Å². The monoisotopic (exact) mass is 399 g/mol. The number of nitrogens with zero attached hydrogens (tertiary/aromatic N) is 2. The van der Waals surface area contributed by atoms with Gasteiger partial charge in [0, 0.05) is 26.2 Å². The molecule has 10 heteroatoms. The lowest BCUT2D eigenvalue weighted by atomic mass is 9.96. The van der Waals surface area contributed by atoms with Gasteiger partial charge < -0.3 is 20.2 Å². The largest absolute Gasteiger partial charge is 0.481 e. The van der Waals surface area contributed by atoms with Crippen LogP contribution in [0.1, 0.15) is 12.0 Å². The number of carboxylic acids is 1. The smallest absolute Gasteiger partial charge is 0.394 e. The maximum absolute atomic E-state index is 13.1. The Kier molecular flexibility index (Phi) is 5.48. The van der Waals surface area contributed by atoms with Crippen LogP contribution in [0.15, 0.2) is 30.3 Å². The molecule has 28 heavy (non-hydrogen) atoms. The first-order valence-corrected chi connectivity index (χ1v) is 8.84. The molecule has 2 N–H and O–H groups in total. The minimum absolute atomic E-state index is 0.307. The van der Waals surface area contributed by atoms with E-state index in [9.17, 15) is 27.6 Å². The summed E-state index contributed by atoms with van der Waals surface area (Å²) in [6.45, 7) is -0.477. The Morgan fingerprint density at radius 3 is 2.43 bits per heavy atom. The summed E-state index contributed by atoms with van der Waals surface area (Å²) in [6, 6.07) is 7.60. The standard InChI is InChI=1S/C18H20F3N3O4/c19-18(20,21)13-10-24(9-12(13)16(26)27)17(28)22-14-6-7-23(15(14)25)8-11-4-2-1-3-5-11/h1-5,12-14H,6-10H2,(H,22,28)(H,26,27)/t12-,13-,14?/m1/s1. The molecule has 2 aliphatic heterocycles.